The number of nitrogens with two attached hydrogens (primary N) is 1. The molecule has 0 radical (unpaired) electrons. The summed E-state index contributed by atoms with van der Waals surface area (Å²) in [6.45, 7) is 2.86. The van der Waals surface area contributed by atoms with Gasteiger partial charge in [-0.15, -0.1) is 10.2 Å². The molecule has 1 atom stereocenters. The average Bonchev–Trinajstić information content (AvgIpc) is 2.88. The summed E-state index contributed by atoms with van der Waals surface area (Å²) in [6, 6.07) is 3.72. The third-order valence-corrected chi connectivity index (χ3v) is 3.96. The van der Waals surface area contributed by atoms with Crippen LogP contribution in [0.4, 0.5) is 0 Å². The van der Waals surface area contributed by atoms with E-state index >= 15 is 0 Å². The van der Waals surface area contributed by atoms with Crippen molar-refractivity contribution in [3.63, 3.8) is 0 Å². The third kappa shape index (κ3) is 3.79. The van der Waals surface area contributed by atoms with Gasteiger partial charge in [-0.1, -0.05) is 11.8 Å². The zero-order valence-corrected chi connectivity index (χ0v) is 12.7. The molecule has 2 aromatic rings. The van der Waals surface area contributed by atoms with E-state index in [1.54, 1.807) is 26.4 Å². The molecule has 0 spiro atoms. The predicted octanol–water partition coefficient (Wildman–Crippen LogP) is 0.952. The quantitative estimate of drug-likeness (QED) is 0.765. The van der Waals surface area contributed by atoms with Crippen molar-refractivity contribution in [2.24, 2.45) is 5.73 Å². The molecule has 2 rings (SSSR count). The van der Waals surface area contributed by atoms with Crippen LogP contribution in [0, 0.1) is 0 Å². The van der Waals surface area contributed by atoms with E-state index in [4.69, 9.17) is 10.5 Å². The van der Waals surface area contributed by atoms with Crippen LogP contribution in [-0.4, -0.2) is 44.6 Å². The number of hydrogen-bond donors (Lipinski definition) is 1. The van der Waals surface area contributed by atoms with Gasteiger partial charge in [-0.05, 0) is 19.1 Å². The number of pyridine rings is 1. The molecular formula is C13H17N5O2S. The minimum absolute atomic E-state index is 0.374. The van der Waals surface area contributed by atoms with Gasteiger partial charge in [0, 0.05) is 25.1 Å². The van der Waals surface area contributed by atoms with E-state index in [1.165, 1.54) is 11.8 Å². The molecule has 2 heterocycles. The molecule has 0 aromatic carbocycles. The van der Waals surface area contributed by atoms with Gasteiger partial charge in [0.1, 0.15) is 0 Å². The van der Waals surface area contributed by atoms with Crippen molar-refractivity contribution in [3.05, 3.63) is 24.5 Å². The van der Waals surface area contributed by atoms with Crippen LogP contribution in [-0.2, 0) is 16.1 Å². The van der Waals surface area contributed by atoms with Gasteiger partial charge in [-0.25, -0.2) is 0 Å². The zero-order chi connectivity index (χ0) is 15.2. The maximum absolute atomic E-state index is 11.2. The number of hydrogen-bond acceptors (Lipinski definition) is 6. The number of methoxy groups -OCH3 is 1. The Morgan fingerprint density at radius 1 is 1.43 bits per heavy atom. The second-order valence-corrected chi connectivity index (χ2v) is 5.66. The number of rotatable bonds is 7. The topological polar surface area (TPSA) is 95.9 Å². The standard InChI is InChI=1S/C13H17N5O2S/c1-9(11(14)19)21-13-17-16-12(18(13)7-8-20-2)10-3-5-15-6-4-10/h3-6,9H,7-8H2,1-2H3,(H2,14,19)/t9-/m1/s1. The Kier molecular flexibility index (Phi) is 5.29. The van der Waals surface area contributed by atoms with Crippen LogP contribution in [0.1, 0.15) is 6.92 Å². The zero-order valence-electron chi connectivity index (χ0n) is 11.9. The van der Waals surface area contributed by atoms with Crippen molar-refractivity contribution in [1.82, 2.24) is 19.7 Å². The van der Waals surface area contributed by atoms with Crippen LogP contribution in [0.5, 0.6) is 0 Å². The maximum atomic E-state index is 11.2. The first-order valence-corrected chi connectivity index (χ1v) is 7.30. The van der Waals surface area contributed by atoms with E-state index in [1.807, 2.05) is 16.7 Å². The molecule has 0 unspecified atom stereocenters. The van der Waals surface area contributed by atoms with Crippen LogP contribution < -0.4 is 5.73 Å². The number of ether oxygens (including phenoxy) is 1. The molecule has 0 saturated heterocycles. The van der Waals surface area contributed by atoms with E-state index in [2.05, 4.69) is 15.2 Å². The molecule has 0 aliphatic heterocycles. The van der Waals surface area contributed by atoms with Gasteiger partial charge in [-0.2, -0.15) is 0 Å². The summed E-state index contributed by atoms with van der Waals surface area (Å²) in [7, 11) is 1.63. The first kappa shape index (κ1) is 15.5. The van der Waals surface area contributed by atoms with Gasteiger partial charge in [0.15, 0.2) is 11.0 Å². The fourth-order valence-electron chi connectivity index (χ4n) is 1.69. The highest BCUT2D eigenvalue weighted by molar-refractivity contribution is 8.00. The minimum atomic E-state index is -0.383. The molecule has 0 aliphatic rings. The lowest BCUT2D eigenvalue weighted by Crippen LogP contribution is -2.23. The lowest BCUT2D eigenvalue weighted by atomic mass is 10.2. The number of thioether (sulfide) groups is 1. The molecule has 2 aromatic heterocycles. The monoisotopic (exact) mass is 307 g/mol. The van der Waals surface area contributed by atoms with Crippen molar-refractivity contribution < 1.29 is 9.53 Å². The molecule has 7 nitrogen and oxygen atoms in total. The number of aromatic nitrogens is 4. The van der Waals surface area contributed by atoms with Crippen LogP contribution in [0.15, 0.2) is 29.7 Å². The molecule has 112 valence electrons. The normalized spacial score (nSPS) is 12.3. The highest BCUT2D eigenvalue weighted by Crippen LogP contribution is 2.26. The predicted molar refractivity (Wildman–Crippen MR) is 79.6 cm³/mol. The Hall–Kier alpha value is -1.93. The third-order valence-electron chi connectivity index (χ3n) is 2.86. The van der Waals surface area contributed by atoms with Gasteiger partial charge in [0.2, 0.25) is 5.91 Å². The highest BCUT2D eigenvalue weighted by Gasteiger charge is 2.19. The molecule has 21 heavy (non-hydrogen) atoms. The van der Waals surface area contributed by atoms with Crippen molar-refractivity contribution in [1.29, 1.82) is 0 Å². The van der Waals surface area contributed by atoms with Crippen molar-refractivity contribution in [2.45, 2.75) is 23.9 Å². The molecule has 0 fully saturated rings. The Balaban J connectivity index is 2.33. The summed E-state index contributed by atoms with van der Waals surface area (Å²) in [6.07, 6.45) is 3.40. The summed E-state index contributed by atoms with van der Waals surface area (Å²) < 4.78 is 7.04. The van der Waals surface area contributed by atoms with Crippen molar-refractivity contribution >= 4 is 17.7 Å². The molecule has 0 bridgehead atoms. The first-order chi connectivity index (χ1) is 10.1. The average molecular weight is 307 g/mol. The van der Waals surface area contributed by atoms with Crippen molar-refractivity contribution in [2.75, 3.05) is 13.7 Å². The van der Waals surface area contributed by atoms with E-state index in [9.17, 15) is 4.79 Å². The van der Waals surface area contributed by atoms with E-state index in [-0.39, 0.29) is 11.2 Å². The number of carbonyl (C=O) groups excluding carboxylic acids is 1. The molecule has 1 amide bonds. The summed E-state index contributed by atoms with van der Waals surface area (Å²) >= 11 is 1.29. The summed E-state index contributed by atoms with van der Waals surface area (Å²) in [5.74, 6) is 0.334. The van der Waals surface area contributed by atoms with E-state index < -0.39 is 0 Å². The Morgan fingerprint density at radius 3 is 2.76 bits per heavy atom. The van der Waals surface area contributed by atoms with Crippen molar-refractivity contribution in [3.8, 4) is 11.4 Å². The lowest BCUT2D eigenvalue weighted by molar-refractivity contribution is -0.117. The number of carbonyl (C=O) groups is 1. The van der Waals surface area contributed by atoms with Gasteiger partial charge in [-0.3, -0.25) is 14.3 Å². The molecule has 0 saturated carbocycles. The highest BCUT2D eigenvalue weighted by atomic mass is 32.2. The number of primary amides is 1. The van der Waals surface area contributed by atoms with Gasteiger partial charge >= 0.3 is 0 Å². The second-order valence-electron chi connectivity index (χ2n) is 4.35. The van der Waals surface area contributed by atoms with E-state index in [0.29, 0.717) is 24.1 Å². The lowest BCUT2D eigenvalue weighted by Gasteiger charge is -2.11. The SMILES string of the molecule is COCCn1c(S[C@H](C)C(N)=O)nnc1-c1ccncc1. The van der Waals surface area contributed by atoms with Gasteiger partial charge in [0.05, 0.1) is 18.4 Å². The van der Waals surface area contributed by atoms with Crippen LogP contribution in [0.3, 0.4) is 0 Å². The second kappa shape index (κ2) is 7.19. The minimum Gasteiger partial charge on any atom is -0.383 e. The maximum Gasteiger partial charge on any atom is 0.230 e. The van der Waals surface area contributed by atoms with E-state index in [0.717, 1.165) is 5.56 Å². The molecule has 8 heteroatoms. The summed E-state index contributed by atoms with van der Waals surface area (Å²) in [5.41, 5.74) is 6.21. The number of amides is 1. The van der Waals surface area contributed by atoms with Crippen LogP contribution in [0.25, 0.3) is 11.4 Å². The number of nitrogens with zero attached hydrogens (tertiary/aromatic N) is 4. The smallest absolute Gasteiger partial charge is 0.230 e. The fourth-order valence-corrected chi connectivity index (χ4v) is 2.52. The van der Waals surface area contributed by atoms with Gasteiger partial charge in [0.25, 0.3) is 0 Å². The summed E-state index contributed by atoms with van der Waals surface area (Å²) in [4.78, 5) is 15.2. The largest absolute Gasteiger partial charge is 0.383 e. The Labute approximate surface area is 126 Å². The molecular weight excluding hydrogens is 290 g/mol. The van der Waals surface area contributed by atoms with Crippen LogP contribution in [0.2, 0.25) is 0 Å². The Morgan fingerprint density at radius 2 is 2.14 bits per heavy atom. The summed E-state index contributed by atoms with van der Waals surface area (Å²) in [5, 5.41) is 8.64. The Bertz CT molecular complexity index is 602. The molecule has 0 aliphatic carbocycles. The fraction of sp³-hybridized carbons (Fsp3) is 0.385. The van der Waals surface area contributed by atoms with Crippen LogP contribution >= 0.6 is 11.8 Å². The van der Waals surface area contributed by atoms with Gasteiger partial charge < -0.3 is 10.5 Å². The first-order valence-electron chi connectivity index (χ1n) is 6.42. The molecule has 2 N–H and O–H groups in total.